The molecule has 2 aromatic carbocycles. The zero-order valence-corrected chi connectivity index (χ0v) is 16.8. The number of hydrogen-bond donors (Lipinski definition) is 1. The Labute approximate surface area is 178 Å². The summed E-state index contributed by atoms with van der Waals surface area (Å²) in [6.07, 6.45) is 4.85. The van der Waals surface area contributed by atoms with Crippen molar-refractivity contribution in [3.8, 4) is 11.3 Å². The standard InChI is InChI=1S/C23H19ClN4O2/c24-19-8-6-18(7-9-19)22-12-11-21(30-22)14-25-23(29)13-10-20-16-28(27-26-20)15-17-4-2-1-3-5-17/h1-13,16H,14-15H2,(H,25,29)/b13-10+. The van der Waals surface area contributed by atoms with Gasteiger partial charge in [-0.2, -0.15) is 0 Å². The van der Waals surface area contributed by atoms with Gasteiger partial charge in [0.25, 0.3) is 0 Å². The van der Waals surface area contributed by atoms with Gasteiger partial charge in [-0.05, 0) is 48.0 Å². The third kappa shape index (κ3) is 5.24. The minimum Gasteiger partial charge on any atom is -0.459 e. The largest absolute Gasteiger partial charge is 0.459 e. The van der Waals surface area contributed by atoms with Gasteiger partial charge in [-0.1, -0.05) is 47.1 Å². The number of halogens is 1. The number of carbonyl (C=O) groups excluding carboxylic acids is 1. The van der Waals surface area contributed by atoms with Crippen LogP contribution in [0, 0.1) is 0 Å². The number of nitrogens with zero attached hydrogens (tertiary/aromatic N) is 3. The van der Waals surface area contributed by atoms with Crippen LogP contribution < -0.4 is 5.32 Å². The van der Waals surface area contributed by atoms with E-state index in [4.69, 9.17) is 16.0 Å². The summed E-state index contributed by atoms with van der Waals surface area (Å²) in [7, 11) is 0. The van der Waals surface area contributed by atoms with E-state index >= 15 is 0 Å². The van der Waals surface area contributed by atoms with Gasteiger partial charge in [-0.3, -0.25) is 4.79 Å². The highest BCUT2D eigenvalue weighted by molar-refractivity contribution is 6.30. The Bertz CT molecular complexity index is 1150. The Balaban J connectivity index is 1.29. The maximum atomic E-state index is 12.1. The molecule has 7 heteroatoms. The van der Waals surface area contributed by atoms with E-state index in [0.29, 0.717) is 23.0 Å². The molecule has 0 aliphatic rings. The fourth-order valence-electron chi connectivity index (χ4n) is 2.87. The van der Waals surface area contributed by atoms with Crippen molar-refractivity contribution in [2.24, 2.45) is 0 Å². The van der Waals surface area contributed by atoms with E-state index in [9.17, 15) is 4.79 Å². The lowest BCUT2D eigenvalue weighted by atomic mass is 10.2. The number of hydrogen-bond acceptors (Lipinski definition) is 4. The Morgan fingerprint density at radius 2 is 1.87 bits per heavy atom. The van der Waals surface area contributed by atoms with E-state index in [-0.39, 0.29) is 12.5 Å². The van der Waals surface area contributed by atoms with E-state index < -0.39 is 0 Å². The predicted molar refractivity (Wildman–Crippen MR) is 116 cm³/mol. The molecule has 4 aromatic rings. The monoisotopic (exact) mass is 418 g/mol. The molecule has 0 unspecified atom stereocenters. The number of aromatic nitrogens is 3. The van der Waals surface area contributed by atoms with Gasteiger partial charge in [-0.25, -0.2) is 4.68 Å². The first-order valence-electron chi connectivity index (χ1n) is 9.40. The molecule has 0 fully saturated rings. The summed E-state index contributed by atoms with van der Waals surface area (Å²) in [6, 6.07) is 21.1. The summed E-state index contributed by atoms with van der Waals surface area (Å²) < 4.78 is 7.51. The lowest BCUT2D eigenvalue weighted by molar-refractivity contribution is -0.116. The van der Waals surface area contributed by atoms with Crippen molar-refractivity contribution in [2.45, 2.75) is 13.1 Å². The number of amides is 1. The molecule has 150 valence electrons. The average molecular weight is 419 g/mol. The molecule has 0 saturated carbocycles. The van der Waals surface area contributed by atoms with Gasteiger partial charge in [-0.15, -0.1) is 5.10 Å². The van der Waals surface area contributed by atoms with Crippen LogP contribution in [-0.4, -0.2) is 20.9 Å². The average Bonchev–Trinajstić information content (AvgIpc) is 3.42. The molecular weight excluding hydrogens is 400 g/mol. The summed E-state index contributed by atoms with van der Waals surface area (Å²) >= 11 is 5.91. The predicted octanol–water partition coefficient (Wildman–Crippen LogP) is 4.57. The first-order valence-corrected chi connectivity index (χ1v) is 9.78. The summed E-state index contributed by atoms with van der Waals surface area (Å²) in [4.78, 5) is 12.1. The Hall–Kier alpha value is -3.64. The van der Waals surface area contributed by atoms with E-state index in [1.54, 1.807) is 17.0 Å². The third-order valence-electron chi connectivity index (χ3n) is 4.38. The molecular formula is C23H19ClN4O2. The van der Waals surface area contributed by atoms with Crippen LogP contribution in [0.4, 0.5) is 0 Å². The van der Waals surface area contributed by atoms with Gasteiger partial charge in [0.05, 0.1) is 19.3 Å². The zero-order valence-electron chi connectivity index (χ0n) is 16.0. The van der Waals surface area contributed by atoms with Gasteiger partial charge in [0.15, 0.2) is 0 Å². The van der Waals surface area contributed by atoms with Crippen molar-refractivity contribution in [3.05, 3.63) is 101 Å². The number of carbonyl (C=O) groups is 1. The van der Waals surface area contributed by atoms with Gasteiger partial charge < -0.3 is 9.73 Å². The van der Waals surface area contributed by atoms with Crippen LogP contribution in [0.1, 0.15) is 17.0 Å². The lowest BCUT2D eigenvalue weighted by Crippen LogP contribution is -2.19. The second kappa shape index (κ2) is 9.24. The van der Waals surface area contributed by atoms with E-state index in [1.165, 1.54) is 6.08 Å². The van der Waals surface area contributed by atoms with Crippen molar-refractivity contribution in [2.75, 3.05) is 0 Å². The van der Waals surface area contributed by atoms with Crippen LogP contribution in [0.3, 0.4) is 0 Å². The van der Waals surface area contributed by atoms with E-state index in [2.05, 4.69) is 15.6 Å². The molecule has 0 atom stereocenters. The van der Waals surface area contributed by atoms with Crippen molar-refractivity contribution in [3.63, 3.8) is 0 Å². The maximum absolute atomic E-state index is 12.1. The maximum Gasteiger partial charge on any atom is 0.244 e. The molecule has 0 radical (unpaired) electrons. The van der Waals surface area contributed by atoms with E-state index in [1.807, 2.05) is 66.7 Å². The second-order valence-electron chi connectivity index (χ2n) is 6.65. The molecule has 0 aliphatic carbocycles. The summed E-state index contributed by atoms with van der Waals surface area (Å²) in [6.45, 7) is 0.916. The highest BCUT2D eigenvalue weighted by Crippen LogP contribution is 2.23. The highest BCUT2D eigenvalue weighted by atomic mass is 35.5. The second-order valence-corrected chi connectivity index (χ2v) is 7.09. The lowest BCUT2D eigenvalue weighted by Gasteiger charge is -2.00. The number of furan rings is 1. The molecule has 0 saturated heterocycles. The van der Waals surface area contributed by atoms with Gasteiger partial charge in [0.1, 0.15) is 17.2 Å². The highest BCUT2D eigenvalue weighted by Gasteiger charge is 2.06. The topological polar surface area (TPSA) is 73.0 Å². The first-order chi connectivity index (χ1) is 14.7. The molecule has 1 amide bonds. The van der Waals surface area contributed by atoms with Gasteiger partial charge >= 0.3 is 0 Å². The summed E-state index contributed by atoms with van der Waals surface area (Å²) in [5, 5.41) is 11.6. The number of rotatable bonds is 7. The van der Waals surface area contributed by atoms with Crippen LogP contribution in [0.25, 0.3) is 17.4 Å². The smallest absolute Gasteiger partial charge is 0.244 e. The minimum absolute atomic E-state index is 0.239. The van der Waals surface area contributed by atoms with Crippen LogP contribution in [0.15, 0.2) is 83.4 Å². The van der Waals surface area contributed by atoms with Crippen LogP contribution in [-0.2, 0) is 17.9 Å². The molecule has 1 N–H and O–H groups in total. The van der Waals surface area contributed by atoms with Crippen molar-refractivity contribution in [1.29, 1.82) is 0 Å². The molecule has 30 heavy (non-hydrogen) atoms. The molecule has 6 nitrogen and oxygen atoms in total. The van der Waals surface area contributed by atoms with Crippen LogP contribution >= 0.6 is 11.6 Å². The normalized spacial score (nSPS) is 11.1. The van der Waals surface area contributed by atoms with E-state index in [0.717, 1.165) is 16.9 Å². The molecule has 0 spiro atoms. The van der Waals surface area contributed by atoms with Crippen LogP contribution in [0.5, 0.6) is 0 Å². The van der Waals surface area contributed by atoms with Crippen molar-refractivity contribution < 1.29 is 9.21 Å². The molecule has 4 rings (SSSR count). The molecule has 2 aromatic heterocycles. The SMILES string of the molecule is O=C(/C=C/c1cn(Cc2ccccc2)nn1)NCc1ccc(-c2ccc(Cl)cc2)o1. The Morgan fingerprint density at radius 1 is 1.07 bits per heavy atom. The van der Waals surface area contributed by atoms with Crippen molar-refractivity contribution in [1.82, 2.24) is 20.3 Å². The molecule has 2 heterocycles. The number of benzene rings is 2. The Kier molecular flexibility index (Phi) is 6.06. The summed E-state index contributed by atoms with van der Waals surface area (Å²) in [5.41, 5.74) is 2.67. The fraction of sp³-hybridized carbons (Fsp3) is 0.0870. The quantitative estimate of drug-likeness (QED) is 0.446. The minimum atomic E-state index is -0.239. The number of nitrogens with one attached hydrogen (secondary N) is 1. The zero-order chi connectivity index (χ0) is 20.8. The first kappa shape index (κ1) is 19.7. The Morgan fingerprint density at radius 3 is 2.67 bits per heavy atom. The molecule has 0 bridgehead atoms. The van der Waals surface area contributed by atoms with Crippen LogP contribution in [0.2, 0.25) is 5.02 Å². The van der Waals surface area contributed by atoms with Crippen molar-refractivity contribution >= 4 is 23.6 Å². The fourth-order valence-corrected chi connectivity index (χ4v) is 3.00. The third-order valence-corrected chi connectivity index (χ3v) is 4.63. The van der Waals surface area contributed by atoms with Gasteiger partial charge in [0, 0.05) is 16.7 Å². The van der Waals surface area contributed by atoms with Gasteiger partial charge in [0.2, 0.25) is 5.91 Å². The summed E-state index contributed by atoms with van der Waals surface area (Å²) in [5.74, 6) is 1.15. The molecule has 0 aliphatic heterocycles.